The van der Waals surface area contributed by atoms with Gasteiger partial charge in [-0.2, -0.15) is 0 Å². The van der Waals surface area contributed by atoms with Crippen LogP contribution in [0.4, 0.5) is 0 Å². The van der Waals surface area contributed by atoms with Crippen molar-refractivity contribution in [1.82, 2.24) is 10.2 Å². The predicted octanol–water partition coefficient (Wildman–Crippen LogP) is 2.08. The lowest BCUT2D eigenvalue weighted by molar-refractivity contribution is 0.0786. The molecule has 1 amide bonds. The summed E-state index contributed by atoms with van der Waals surface area (Å²) in [5, 5.41) is 3.18. The lowest BCUT2D eigenvalue weighted by atomic mass is 10.1. The fraction of sp³-hybridized carbons (Fsp3) is 0.562. The van der Waals surface area contributed by atoms with Gasteiger partial charge in [-0.25, -0.2) is 0 Å². The summed E-state index contributed by atoms with van der Waals surface area (Å²) in [6.07, 6.45) is 1.08. The van der Waals surface area contributed by atoms with E-state index in [0.29, 0.717) is 12.5 Å². The van der Waals surface area contributed by atoms with Gasteiger partial charge >= 0.3 is 0 Å². The molecule has 4 heteroatoms. The molecule has 1 atom stereocenters. The van der Waals surface area contributed by atoms with Crippen LogP contribution in [-0.4, -0.2) is 44.1 Å². The molecule has 0 aliphatic carbocycles. The zero-order valence-corrected chi connectivity index (χ0v) is 12.6. The van der Waals surface area contributed by atoms with Crippen molar-refractivity contribution < 1.29 is 9.53 Å². The summed E-state index contributed by atoms with van der Waals surface area (Å²) >= 11 is 0. The second kappa shape index (κ2) is 6.75. The van der Waals surface area contributed by atoms with E-state index in [1.165, 1.54) is 0 Å². The van der Waals surface area contributed by atoms with E-state index < -0.39 is 0 Å². The zero-order valence-electron chi connectivity index (χ0n) is 12.6. The van der Waals surface area contributed by atoms with Gasteiger partial charge in [-0.1, -0.05) is 6.07 Å². The molecule has 1 heterocycles. The molecule has 0 saturated carbocycles. The van der Waals surface area contributed by atoms with Crippen molar-refractivity contribution in [2.75, 3.05) is 33.3 Å². The number of carbonyl (C=O) groups is 1. The van der Waals surface area contributed by atoms with E-state index in [9.17, 15) is 4.79 Å². The summed E-state index contributed by atoms with van der Waals surface area (Å²) < 4.78 is 5.57. The van der Waals surface area contributed by atoms with Crippen LogP contribution < -0.4 is 10.1 Å². The summed E-state index contributed by atoms with van der Waals surface area (Å²) in [5.41, 5.74) is 1.79. The summed E-state index contributed by atoms with van der Waals surface area (Å²) in [6.45, 7) is 7.24. The van der Waals surface area contributed by atoms with Gasteiger partial charge < -0.3 is 15.0 Å². The van der Waals surface area contributed by atoms with E-state index in [-0.39, 0.29) is 5.91 Å². The van der Waals surface area contributed by atoms with E-state index in [0.717, 1.165) is 42.9 Å². The average Bonchev–Trinajstić information content (AvgIpc) is 2.90. The van der Waals surface area contributed by atoms with Gasteiger partial charge in [0.2, 0.25) is 0 Å². The largest absolute Gasteiger partial charge is 0.494 e. The Morgan fingerprint density at radius 1 is 1.50 bits per heavy atom. The van der Waals surface area contributed by atoms with E-state index >= 15 is 0 Å². The number of amides is 1. The number of aryl methyl sites for hydroxylation is 1. The number of benzene rings is 1. The molecule has 0 radical (unpaired) electrons. The van der Waals surface area contributed by atoms with Crippen LogP contribution in [0.5, 0.6) is 5.75 Å². The van der Waals surface area contributed by atoms with Crippen molar-refractivity contribution in [1.29, 1.82) is 0 Å². The third-order valence-corrected chi connectivity index (χ3v) is 3.80. The standard InChI is InChI=1S/C16H24N2O2/c1-4-20-15-9-14(6-5-12(15)2)16(19)18-8-7-13(11-18)10-17-3/h5-6,9,13,17H,4,7-8,10-11H2,1-3H3. The Labute approximate surface area is 121 Å². The lowest BCUT2D eigenvalue weighted by Crippen LogP contribution is -2.30. The molecule has 0 aromatic heterocycles. The maximum absolute atomic E-state index is 12.5. The van der Waals surface area contributed by atoms with Crippen molar-refractivity contribution in [3.8, 4) is 5.75 Å². The fourth-order valence-corrected chi connectivity index (χ4v) is 2.70. The van der Waals surface area contributed by atoms with Gasteiger partial charge in [0.1, 0.15) is 5.75 Å². The van der Waals surface area contributed by atoms with E-state index in [4.69, 9.17) is 4.74 Å². The minimum Gasteiger partial charge on any atom is -0.494 e. The number of hydrogen-bond acceptors (Lipinski definition) is 3. The second-order valence-corrected chi connectivity index (χ2v) is 5.38. The highest BCUT2D eigenvalue weighted by molar-refractivity contribution is 5.95. The van der Waals surface area contributed by atoms with Crippen LogP contribution in [0.3, 0.4) is 0 Å². The number of carbonyl (C=O) groups excluding carboxylic acids is 1. The first-order valence-corrected chi connectivity index (χ1v) is 7.33. The molecule has 20 heavy (non-hydrogen) atoms. The Morgan fingerprint density at radius 3 is 3.00 bits per heavy atom. The number of nitrogens with zero attached hydrogens (tertiary/aromatic N) is 1. The number of likely N-dealkylation sites (tertiary alicyclic amines) is 1. The minimum absolute atomic E-state index is 0.115. The first-order chi connectivity index (χ1) is 9.65. The Bertz CT molecular complexity index is 474. The summed E-state index contributed by atoms with van der Waals surface area (Å²) in [5.74, 6) is 1.50. The third kappa shape index (κ3) is 3.31. The SMILES string of the molecule is CCOc1cc(C(=O)N2CCC(CNC)C2)ccc1C. The van der Waals surface area contributed by atoms with Gasteiger partial charge in [0, 0.05) is 18.7 Å². The molecule has 1 N–H and O–H groups in total. The molecule has 2 rings (SSSR count). The quantitative estimate of drug-likeness (QED) is 0.895. The first kappa shape index (κ1) is 14.9. The van der Waals surface area contributed by atoms with Gasteiger partial charge in [-0.05, 0) is 57.5 Å². The maximum atomic E-state index is 12.5. The van der Waals surface area contributed by atoms with Gasteiger partial charge in [-0.3, -0.25) is 4.79 Å². The van der Waals surface area contributed by atoms with Crippen LogP contribution in [0.15, 0.2) is 18.2 Å². The van der Waals surface area contributed by atoms with Crippen LogP contribution in [0.1, 0.15) is 29.3 Å². The Hall–Kier alpha value is -1.55. The lowest BCUT2D eigenvalue weighted by Gasteiger charge is -2.17. The van der Waals surface area contributed by atoms with Gasteiger partial charge in [0.05, 0.1) is 6.61 Å². The van der Waals surface area contributed by atoms with E-state index in [1.807, 2.05) is 44.0 Å². The summed E-state index contributed by atoms with van der Waals surface area (Å²) in [7, 11) is 1.96. The van der Waals surface area contributed by atoms with Crippen molar-refractivity contribution in [2.24, 2.45) is 5.92 Å². The first-order valence-electron chi connectivity index (χ1n) is 7.33. The molecule has 0 spiro atoms. The molecular formula is C16H24N2O2. The molecule has 1 unspecified atom stereocenters. The van der Waals surface area contributed by atoms with Gasteiger partial charge in [-0.15, -0.1) is 0 Å². The fourth-order valence-electron chi connectivity index (χ4n) is 2.70. The van der Waals surface area contributed by atoms with Crippen LogP contribution in [0.2, 0.25) is 0 Å². The van der Waals surface area contributed by atoms with Crippen molar-refractivity contribution in [3.63, 3.8) is 0 Å². The van der Waals surface area contributed by atoms with Crippen molar-refractivity contribution in [3.05, 3.63) is 29.3 Å². The molecule has 1 aliphatic heterocycles. The topological polar surface area (TPSA) is 41.6 Å². The normalized spacial score (nSPS) is 18.4. The third-order valence-electron chi connectivity index (χ3n) is 3.80. The number of nitrogens with one attached hydrogen (secondary N) is 1. The molecule has 1 fully saturated rings. The van der Waals surface area contributed by atoms with Crippen molar-refractivity contribution in [2.45, 2.75) is 20.3 Å². The van der Waals surface area contributed by atoms with Crippen LogP contribution >= 0.6 is 0 Å². The van der Waals surface area contributed by atoms with Crippen molar-refractivity contribution >= 4 is 5.91 Å². The Kier molecular flexibility index (Phi) is 5.01. The summed E-state index contributed by atoms with van der Waals surface area (Å²) in [4.78, 5) is 14.5. The molecule has 1 aromatic carbocycles. The molecular weight excluding hydrogens is 252 g/mol. The molecule has 0 bridgehead atoms. The smallest absolute Gasteiger partial charge is 0.253 e. The van der Waals surface area contributed by atoms with Crippen LogP contribution in [0.25, 0.3) is 0 Å². The average molecular weight is 276 g/mol. The number of rotatable bonds is 5. The van der Waals surface area contributed by atoms with E-state index in [1.54, 1.807) is 0 Å². The molecule has 1 aromatic rings. The Balaban J connectivity index is 2.08. The van der Waals surface area contributed by atoms with Crippen LogP contribution in [-0.2, 0) is 0 Å². The summed E-state index contributed by atoms with van der Waals surface area (Å²) in [6, 6.07) is 5.72. The second-order valence-electron chi connectivity index (χ2n) is 5.38. The predicted molar refractivity (Wildman–Crippen MR) is 80.3 cm³/mol. The number of ether oxygens (including phenoxy) is 1. The molecule has 4 nitrogen and oxygen atoms in total. The monoisotopic (exact) mass is 276 g/mol. The Morgan fingerprint density at radius 2 is 2.30 bits per heavy atom. The molecule has 1 aliphatic rings. The molecule has 110 valence electrons. The van der Waals surface area contributed by atoms with E-state index in [2.05, 4.69) is 5.32 Å². The number of hydrogen-bond donors (Lipinski definition) is 1. The highest BCUT2D eigenvalue weighted by Crippen LogP contribution is 2.23. The highest BCUT2D eigenvalue weighted by Gasteiger charge is 2.26. The minimum atomic E-state index is 0.115. The van der Waals surface area contributed by atoms with Gasteiger partial charge in [0.15, 0.2) is 0 Å². The zero-order chi connectivity index (χ0) is 14.5. The van der Waals surface area contributed by atoms with Gasteiger partial charge in [0.25, 0.3) is 5.91 Å². The van der Waals surface area contributed by atoms with Crippen LogP contribution in [0, 0.1) is 12.8 Å². The highest BCUT2D eigenvalue weighted by atomic mass is 16.5. The molecule has 1 saturated heterocycles. The maximum Gasteiger partial charge on any atom is 0.253 e.